The Labute approximate surface area is 153 Å². The molecule has 1 unspecified atom stereocenters. The Bertz CT molecular complexity index is 834. The number of aromatic nitrogens is 1. The number of hydrogen-bond donors (Lipinski definition) is 0. The number of rotatable bonds is 6. The van der Waals surface area contributed by atoms with E-state index in [4.69, 9.17) is 9.47 Å². The quantitative estimate of drug-likeness (QED) is 0.693. The highest BCUT2D eigenvalue weighted by Crippen LogP contribution is 2.34. The summed E-state index contributed by atoms with van der Waals surface area (Å²) >= 11 is 0. The van der Waals surface area contributed by atoms with Gasteiger partial charge in [-0.25, -0.2) is 13.2 Å². The standard InChI is InChI=1S/C18H25NO6S/c1-12-9-15(26(22,23)14-3-4-14)11-17(20)19(12)16(18(21)24-2)10-13-5-7-25-8-6-13/h9,11,13-14,16H,3-8,10H2,1-2H3. The molecule has 0 bridgehead atoms. The summed E-state index contributed by atoms with van der Waals surface area (Å²) in [7, 11) is -2.16. The maximum atomic E-state index is 12.7. The van der Waals surface area contributed by atoms with Gasteiger partial charge < -0.3 is 9.47 Å². The van der Waals surface area contributed by atoms with Crippen LogP contribution in [0.5, 0.6) is 0 Å². The molecule has 3 rings (SSSR count). The van der Waals surface area contributed by atoms with E-state index in [9.17, 15) is 18.0 Å². The van der Waals surface area contributed by atoms with Gasteiger partial charge in [-0.3, -0.25) is 9.36 Å². The fourth-order valence-corrected chi connectivity index (χ4v) is 5.30. The molecule has 1 saturated carbocycles. The van der Waals surface area contributed by atoms with Gasteiger partial charge in [0.05, 0.1) is 17.3 Å². The van der Waals surface area contributed by atoms with Crippen LogP contribution in [0, 0.1) is 12.8 Å². The highest BCUT2D eigenvalue weighted by atomic mass is 32.2. The van der Waals surface area contributed by atoms with Crippen LogP contribution in [0.4, 0.5) is 0 Å². The molecule has 0 spiro atoms. The summed E-state index contributed by atoms with van der Waals surface area (Å²) in [5, 5.41) is -0.379. The largest absolute Gasteiger partial charge is 0.467 e. The zero-order chi connectivity index (χ0) is 18.9. The second kappa shape index (κ2) is 7.52. The number of ether oxygens (including phenoxy) is 2. The summed E-state index contributed by atoms with van der Waals surface area (Å²) in [6.45, 7) is 2.95. The van der Waals surface area contributed by atoms with Crippen molar-refractivity contribution in [1.29, 1.82) is 0 Å². The van der Waals surface area contributed by atoms with Crippen LogP contribution in [0.2, 0.25) is 0 Å². The monoisotopic (exact) mass is 383 g/mol. The van der Waals surface area contributed by atoms with E-state index >= 15 is 0 Å². The Morgan fingerprint density at radius 1 is 1.27 bits per heavy atom. The molecule has 2 aliphatic rings. The molecule has 144 valence electrons. The molecule has 0 radical (unpaired) electrons. The van der Waals surface area contributed by atoms with Gasteiger partial charge in [-0.05, 0) is 51.0 Å². The third-order valence-electron chi connectivity index (χ3n) is 5.21. The first kappa shape index (κ1) is 19.1. The molecule has 26 heavy (non-hydrogen) atoms. The van der Waals surface area contributed by atoms with E-state index in [1.165, 1.54) is 17.7 Å². The number of carbonyl (C=O) groups excluding carboxylic acids is 1. The lowest BCUT2D eigenvalue weighted by molar-refractivity contribution is -0.145. The van der Waals surface area contributed by atoms with Gasteiger partial charge in [-0.1, -0.05) is 0 Å². The SMILES string of the molecule is COC(=O)C(CC1CCOCC1)n1c(C)cc(S(=O)(=O)C2CC2)cc1=O. The van der Waals surface area contributed by atoms with Crippen LogP contribution in [0.3, 0.4) is 0 Å². The molecule has 1 aliphatic carbocycles. The lowest BCUT2D eigenvalue weighted by atomic mass is 9.92. The van der Waals surface area contributed by atoms with E-state index in [0.717, 1.165) is 18.9 Å². The molecular weight excluding hydrogens is 358 g/mol. The summed E-state index contributed by atoms with van der Waals surface area (Å²) in [5.41, 5.74) is -0.0223. The highest BCUT2D eigenvalue weighted by molar-refractivity contribution is 7.92. The maximum Gasteiger partial charge on any atom is 0.328 e. The summed E-state index contributed by atoms with van der Waals surface area (Å²) in [5.74, 6) is -0.228. The number of aryl methyl sites for hydroxylation is 1. The van der Waals surface area contributed by atoms with Crippen LogP contribution in [0.15, 0.2) is 21.8 Å². The molecule has 1 aromatic heterocycles. The predicted molar refractivity (Wildman–Crippen MR) is 94.9 cm³/mol. The molecule has 1 aliphatic heterocycles. The number of pyridine rings is 1. The van der Waals surface area contributed by atoms with Crippen LogP contribution in [-0.4, -0.2) is 44.5 Å². The maximum absolute atomic E-state index is 12.7. The minimum atomic E-state index is -3.45. The van der Waals surface area contributed by atoms with Gasteiger partial charge >= 0.3 is 5.97 Å². The molecule has 2 heterocycles. The zero-order valence-corrected chi connectivity index (χ0v) is 16.0. The summed E-state index contributed by atoms with van der Waals surface area (Å²) in [4.78, 5) is 25.1. The van der Waals surface area contributed by atoms with Gasteiger partial charge in [0.1, 0.15) is 6.04 Å². The van der Waals surface area contributed by atoms with Crippen molar-refractivity contribution in [1.82, 2.24) is 4.57 Å². The van der Waals surface area contributed by atoms with E-state index < -0.39 is 27.4 Å². The van der Waals surface area contributed by atoms with Gasteiger partial charge in [0.2, 0.25) is 0 Å². The highest BCUT2D eigenvalue weighted by Gasteiger charge is 2.38. The topological polar surface area (TPSA) is 91.7 Å². The Morgan fingerprint density at radius 2 is 1.92 bits per heavy atom. The van der Waals surface area contributed by atoms with E-state index in [1.807, 2.05) is 0 Å². The Kier molecular flexibility index (Phi) is 5.53. The van der Waals surface area contributed by atoms with E-state index in [0.29, 0.717) is 38.2 Å². The van der Waals surface area contributed by atoms with Crippen molar-refractivity contribution in [2.75, 3.05) is 20.3 Å². The molecule has 8 heteroatoms. The molecular formula is C18H25NO6S. The van der Waals surface area contributed by atoms with Gasteiger partial charge in [-0.15, -0.1) is 0 Å². The van der Waals surface area contributed by atoms with Crippen molar-refractivity contribution in [2.24, 2.45) is 5.92 Å². The smallest absolute Gasteiger partial charge is 0.328 e. The molecule has 0 N–H and O–H groups in total. The first-order chi connectivity index (χ1) is 12.3. The number of nitrogens with zero attached hydrogens (tertiary/aromatic N) is 1. The zero-order valence-electron chi connectivity index (χ0n) is 15.1. The molecule has 2 fully saturated rings. The average molecular weight is 383 g/mol. The molecule has 7 nitrogen and oxygen atoms in total. The summed E-state index contributed by atoms with van der Waals surface area (Å²) < 4.78 is 36.5. The number of esters is 1. The van der Waals surface area contributed by atoms with Gasteiger partial charge in [-0.2, -0.15) is 0 Å². The van der Waals surface area contributed by atoms with Crippen LogP contribution < -0.4 is 5.56 Å². The van der Waals surface area contributed by atoms with Gasteiger partial charge in [0, 0.05) is 25.0 Å². The molecule has 1 aromatic rings. The average Bonchev–Trinajstić information content (AvgIpc) is 3.46. The normalized spacial score (nSPS) is 19.9. The number of methoxy groups -OCH3 is 1. The number of carbonyl (C=O) groups is 1. The third-order valence-corrected chi connectivity index (χ3v) is 7.45. The molecule has 0 amide bonds. The van der Waals surface area contributed by atoms with Crippen molar-refractivity contribution in [3.8, 4) is 0 Å². The van der Waals surface area contributed by atoms with Crippen LogP contribution >= 0.6 is 0 Å². The van der Waals surface area contributed by atoms with Crippen molar-refractivity contribution < 1.29 is 22.7 Å². The molecule has 1 atom stereocenters. The first-order valence-corrected chi connectivity index (χ1v) is 10.5. The van der Waals surface area contributed by atoms with Gasteiger partial charge in [0.15, 0.2) is 9.84 Å². The molecule has 0 aromatic carbocycles. The van der Waals surface area contributed by atoms with Crippen LogP contribution in [0.25, 0.3) is 0 Å². The fraction of sp³-hybridized carbons (Fsp3) is 0.667. The van der Waals surface area contributed by atoms with Crippen molar-refractivity contribution in [3.63, 3.8) is 0 Å². The minimum Gasteiger partial charge on any atom is -0.467 e. The van der Waals surface area contributed by atoms with Crippen LogP contribution in [-0.2, 0) is 24.1 Å². The van der Waals surface area contributed by atoms with Crippen molar-refractivity contribution in [3.05, 3.63) is 28.2 Å². The third kappa shape index (κ3) is 3.86. The lowest BCUT2D eigenvalue weighted by Crippen LogP contribution is -2.34. The summed E-state index contributed by atoms with van der Waals surface area (Å²) in [6, 6.07) is 1.88. The Balaban J connectivity index is 1.95. The molecule has 1 saturated heterocycles. The fourth-order valence-electron chi connectivity index (χ4n) is 3.56. The van der Waals surface area contributed by atoms with Crippen molar-refractivity contribution in [2.45, 2.75) is 55.2 Å². The Morgan fingerprint density at radius 3 is 2.46 bits per heavy atom. The van der Waals surface area contributed by atoms with E-state index in [2.05, 4.69) is 0 Å². The minimum absolute atomic E-state index is 0.0495. The van der Waals surface area contributed by atoms with Crippen molar-refractivity contribution >= 4 is 15.8 Å². The Hall–Kier alpha value is -1.67. The van der Waals surface area contributed by atoms with Gasteiger partial charge in [0.25, 0.3) is 5.56 Å². The second-order valence-electron chi connectivity index (χ2n) is 7.12. The van der Waals surface area contributed by atoms with Crippen LogP contribution in [0.1, 0.15) is 43.8 Å². The van der Waals surface area contributed by atoms with E-state index in [1.54, 1.807) is 6.92 Å². The van der Waals surface area contributed by atoms with E-state index in [-0.39, 0.29) is 16.1 Å². The first-order valence-electron chi connectivity index (χ1n) is 8.97. The lowest BCUT2D eigenvalue weighted by Gasteiger charge is -2.27. The number of hydrogen-bond acceptors (Lipinski definition) is 6. The summed E-state index contributed by atoms with van der Waals surface area (Å²) in [6.07, 6.45) is 3.41. The predicted octanol–water partition coefficient (Wildman–Crippen LogP) is 1.62. The number of sulfone groups is 1. The second-order valence-corrected chi connectivity index (χ2v) is 9.34.